The lowest BCUT2D eigenvalue weighted by Crippen LogP contribution is -2.14. The van der Waals surface area contributed by atoms with E-state index in [9.17, 15) is 0 Å². The largest absolute Gasteiger partial charge is 0.477 e. The van der Waals surface area contributed by atoms with Crippen LogP contribution in [0.4, 0.5) is 0 Å². The molecule has 1 aliphatic carbocycles. The molecule has 0 radical (unpaired) electrons. The Morgan fingerprint density at radius 3 is 2.75 bits per heavy atom. The topological polar surface area (TPSA) is 61.0 Å². The first kappa shape index (κ1) is 17.2. The van der Waals surface area contributed by atoms with Crippen molar-refractivity contribution in [3.05, 3.63) is 51.9 Å². The number of halogens is 1. The molecule has 1 aromatic heterocycles. The Labute approximate surface area is 148 Å². The predicted octanol–water partition coefficient (Wildman–Crippen LogP) is 3.69. The highest BCUT2D eigenvalue weighted by Crippen LogP contribution is 2.39. The quantitative estimate of drug-likeness (QED) is 0.792. The van der Waals surface area contributed by atoms with E-state index in [0.717, 1.165) is 52.8 Å². The molecule has 0 unspecified atom stereocenters. The van der Waals surface area contributed by atoms with E-state index in [-0.39, 0.29) is 0 Å². The minimum atomic E-state index is 0.512. The number of aromatic nitrogens is 2. The summed E-state index contributed by atoms with van der Waals surface area (Å²) < 4.78 is 6.04. The summed E-state index contributed by atoms with van der Waals surface area (Å²) in [6, 6.07) is 7.87. The summed E-state index contributed by atoms with van der Waals surface area (Å²) in [6.07, 6.45) is 4.79. The first-order chi connectivity index (χ1) is 11.7. The van der Waals surface area contributed by atoms with Crippen molar-refractivity contribution in [3.8, 4) is 5.88 Å². The van der Waals surface area contributed by atoms with Gasteiger partial charge in [-0.05, 0) is 49.9 Å². The van der Waals surface area contributed by atoms with Gasteiger partial charge in [-0.1, -0.05) is 30.7 Å². The van der Waals surface area contributed by atoms with Crippen molar-refractivity contribution in [2.24, 2.45) is 5.73 Å². The molecule has 0 bridgehead atoms. The number of hydrogen-bond acceptors (Lipinski definition) is 4. The summed E-state index contributed by atoms with van der Waals surface area (Å²) in [7, 11) is 0. The van der Waals surface area contributed by atoms with Gasteiger partial charge in [0.15, 0.2) is 0 Å². The zero-order chi connectivity index (χ0) is 16.9. The lowest BCUT2D eigenvalue weighted by molar-refractivity contribution is 0.303. The Morgan fingerprint density at radius 1 is 1.25 bits per heavy atom. The zero-order valence-electron chi connectivity index (χ0n) is 14.1. The average Bonchev–Trinajstić information content (AvgIpc) is 3.41. The molecule has 1 saturated carbocycles. The van der Waals surface area contributed by atoms with E-state index < -0.39 is 0 Å². The molecule has 0 atom stereocenters. The number of nitrogens with two attached hydrogens (primary N) is 1. The molecule has 1 aliphatic rings. The van der Waals surface area contributed by atoms with Crippen LogP contribution < -0.4 is 10.5 Å². The van der Waals surface area contributed by atoms with Crippen molar-refractivity contribution in [3.63, 3.8) is 0 Å². The van der Waals surface area contributed by atoms with E-state index in [2.05, 4.69) is 13.0 Å². The monoisotopic (exact) mass is 345 g/mol. The van der Waals surface area contributed by atoms with Gasteiger partial charge in [0, 0.05) is 22.9 Å². The van der Waals surface area contributed by atoms with Crippen molar-refractivity contribution in [1.82, 2.24) is 9.97 Å². The van der Waals surface area contributed by atoms with Gasteiger partial charge in [0.25, 0.3) is 0 Å². The van der Waals surface area contributed by atoms with Crippen LogP contribution in [-0.2, 0) is 19.3 Å². The molecule has 1 aromatic carbocycles. The van der Waals surface area contributed by atoms with E-state index >= 15 is 0 Å². The number of rotatable bonds is 8. The van der Waals surface area contributed by atoms with Gasteiger partial charge in [-0.3, -0.25) is 0 Å². The average molecular weight is 346 g/mol. The second-order valence-electron chi connectivity index (χ2n) is 6.21. The maximum atomic E-state index is 6.04. The van der Waals surface area contributed by atoms with Crippen LogP contribution in [-0.4, -0.2) is 23.1 Å². The van der Waals surface area contributed by atoms with Crippen LogP contribution in [0.1, 0.15) is 48.3 Å². The van der Waals surface area contributed by atoms with Crippen LogP contribution in [0.25, 0.3) is 0 Å². The minimum Gasteiger partial charge on any atom is -0.477 e. The van der Waals surface area contributed by atoms with Crippen molar-refractivity contribution in [2.75, 3.05) is 13.2 Å². The third-order valence-corrected chi connectivity index (χ3v) is 4.50. The number of hydrogen-bond donors (Lipinski definition) is 1. The van der Waals surface area contributed by atoms with E-state index in [1.807, 2.05) is 18.2 Å². The van der Waals surface area contributed by atoms with Gasteiger partial charge in [-0.2, -0.15) is 4.98 Å². The van der Waals surface area contributed by atoms with Crippen molar-refractivity contribution in [1.29, 1.82) is 0 Å². The number of benzene rings is 1. The number of aryl methyl sites for hydroxylation is 1. The zero-order valence-corrected chi connectivity index (χ0v) is 14.9. The molecule has 5 heteroatoms. The second kappa shape index (κ2) is 7.95. The van der Waals surface area contributed by atoms with Crippen molar-refractivity contribution < 1.29 is 4.74 Å². The highest BCUT2D eigenvalue weighted by molar-refractivity contribution is 6.30. The summed E-state index contributed by atoms with van der Waals surface area (Å²) in [4.78, 5) is 9.44. The van der Waals surface area contributed by atoms with Gasteiger partial charge >= 0.3 is 0 Å². The summed E-state index contributed by atoms with van der Waals surface area (Å²) in [5, 5.41) is 0.752. The Morgan fingerprint density at radius 2 is 2.08 bits per heavy atom. The number of nitrogens with zero attached hydrogens (tertiary/aromatic N) is 2. The van der Waals surface area contributed by atoms with Gasteiger partial charge < -0.3 is 10.5 Å². The van der Waals surface area contributed by atoms with Gasteiger partial charge in [-0.15, -0.1) is 0 Å². The fraction of sp³-hybridized carbons (Fsp3) is 0.474. The summed E-state index contributed by atoms with van der Waals surface area (Å²) in [5.41, 5.74) is 9.08. The molecular formula is C19H24ClN3O. The van der Waals surface area contributed by atoms with Crippen molar-refractivity contribution in [2.45, 2.75) is 44.9 Å². The second-order valence-corrected chi connectivity index (χ2v) is 6.64. The highest BCUT2D eigenvalue weighted by atomic mass is 35.5. The first-order valence-corrected chi connectivity index (χ1v) is 9.06. The molecule has 128 valence electrons. The van der Waals surface area contributed by atoms with E-state index in [1.165, 1.54) is 12.8 Å². The van der Waals surface area contributed by atoms with E-state index in [1.54, 1.807) is 0 Å². The molecular weight excluding hydrogens is 322 g/mol. The molecule has 2 N–H and O–H groups in total. The van der Waals surface area contributed by atoms with E-state index in [4.69, 9.17) is 32.0 Å². The van der Waals surface area contributed by atoms with Gasteiger partial charge in [-0.25, -0.2) is 4.98 Å². The molecule has 0 amide bonds. The van der Waals surface area contributed by atoms with Crippen LogP contribution in [0.2, 0.25) is 5.02 Å². The van der Waals surface area contributed by atoms with Crippen LogP contribution in [0.3, 0.4) is 0 Å². The lowest BCUT2D eigenvalue weighted by Gasteiger charge is -2.15. The summed E-state index contributed by atoms with van der Waals surface area (Å²) in [6.45, 7) is 3.26. The third kappa shape index (κ3) is 4.25. The fourth-order valence-corrected chi connectivity index (χ4v) is 3.03. The van der Waals surface area contributed by atoms with Crippen molar-refractivity contribution >= 4 is 11.6 Å². The SMILES string of the molecule is CCc1nc(C2CC2)nc(OCCc2cccc(Cl)c2)c1CCN. The van der Waals surface area contributed by atoms with Crippen LogP contribution in [0.15, 0.2) is 24.3 Å². The lowest BCUT2D eigenvalue weighted by atomic mass is 10.1. The Bertz CT molecular complexity index is 701. The Kier molecular flexibility index (Phi) is 5.69. The maximum Gasteiger partial charge on any atom is 0.220 e. The van der Waals surface area contributed by atoms with Crippen LogP contribution in [0.5, 0.6) is 5.88 Å². The Hall–Kier alpha value is -1.65. The van der Waals surface area contributed by atoms with Crippen LogP contribution >= 0.6 is 11.6 Å². The first-order valence-electron chi connectivity index (χ1n) is 8.68. The molecule has 0 spiro atoms. The highest BCUT2D eigenvalue weighted by Gasteiger charge is 2.28. The van der Waals surface area contributed by atoms with E-state index in [0.29, 0.717) is 19.1 Å². The fourth-order valence-electron chi connectivity index (χ4n) is 2.82. The molecule has 1 fully saturated rings. The Balaban J connectivity index is 1.75. The van der Waals surface area contributed by atoms with Gasteiger partial charge in [0.2, 0.25) is 5.88 Å². The van der Waals surface area contributed by atoms with Gasteiger partial charge in [0.05, 0.1) is 12.3 Å². The smallest absolute Gasteiger partial charge is 0.220 e. The third-order valence-electron chi connectivity index (χ3n) is 4.26. The molecule has 0 saturated heterocycles. The standard InChI is InChI=1S/C19H24ClN3O/c1-2-17-16(8-10-21)19(23-18(22-17)14-6-7-14)24-11-9-13-4-3-5-15(20)12-13/h3-5,12,14H,2,6-11,21H2,1H3. The summed E-state index contributed by atoms with van der Waals surface area (Å²) >= 11 is 6.03. The molecule has 4 nitrogen and oxygen atoms in total. The molecule has 3 rings (SSSR count). The molecule has 24 heavy (non-hydrogen) atoms. The number of ether oxygens (including phenoxy) is 1. The molecule has 0 aliphatic heterocycles. The van der Waals surface area contributed by atoms with Gasteiger partial charge in [0.1, 0.15) is 5.82 Å². The predicted molar refractivity (Wildman–Crippen MR) is 96.8 cm³/mol. The normalized spacial score (nSPS) is 14.0. The maximum absolute atomic E-state index is 6.04. The van der Waals surface area contributed by atoms with Crippen LogP contribution in [0, 0.1) is 0 Å². The minimum absolute atomic E-state index is 0.512. The molecule has 2 aromatic rings. The molecule has 1 heterocycles. The summed E-state index contributed by atoms with van der Waals surface area (Å²) in [5.74, 6) is 2.17.